The molecule has 0 N–H and O–H groups in total. The molecular formula is C16H21ClN2O2. The van der Waals surface area contributed by atoms with Gasteiger partial charge in [-0.05, 0) is 25.5 Å². The summed E-state index contributed by atoms with van der Waals surface area (Å²) in [5, 5.41) is 4.52. The molecule has 0 bridgehead atoms. The molecule has 5 heteroatoms. The predicted molar refractivity (Wildman–Crippen MR) is 84.1 cm³/mol. The molecule has 1 heterocycles. The lowest BCUT2D eigenvalue weighted by atomic mass is 10.2. The normalized spacial score (nSPS) is 12.2. The Labute approximate surface area is 130 Å². The molecule has 1 unspecified atom stereocenters. The Bertz CT molecular complexity index is 561. The first-order valence-corrected chi connectivity index (χ1v) is 7.61. The molecule has 2 aromatic rings. The van der Waals surface area contributed by atoms with Crippen LogP contribution in [0.2, 0.25) is 0 Å². The van der Waals surface area contributed by atoms with Gasteiger partial charge in [0, 0.05) is 17.8 Å². The van der Waals surface area contributed by atoms with Gasteiger partial charge >= 0.3 is 0 Å². The Kier molecular flexibility index (Phi) is 5.51. The van der Waals surface area contributed by atoms with Gasteiger partial charge in [0.2, 0.25) is 0 Å². The second-order valence-electron chi connectivity index (χ2n) is 4.92. The first-order chi connectivity index (χ1) is 10.2. The number of nitrogens with zero attached hydrogens (tertiary/aromatic N) is 2. The molecule has 0 aliphatic heterocycles. The average molecular weight is 309 g/mol. The van der Waals surface area contributed by atoms with Crippen LogP contribution in [0.4, 0.5) is 0 Å². The molecule has 2 rings (SSSR count). The molecule has 114 valence electrons. The molecule has 0 saturated carbocycles. The van der Waals surface area contributed by atoms with Gasteiger partial charge in [0.05, 0.1) is 18.7 Å². The van der Waals surface area contributed by atoms with Crippen molar-refractivity contribution in [1.82, 2.24) is 9.78 Å². The van der Waals surface area contributed by atoms with E-state index in [0.29, 0.717) is 30.0 Å². The van der Waals surface area contributed by atoms with Crippen LogP contribution in [0, 0.1) is 0 Å². The highest BCUT2D eigenvalue weighted by atomic mass is 35.5. The highest BCUT2D eigenvalue weighted by Crippen LogP contribution is 2.32. The SMILES string of the molecule is CCC(C)n1ccc(COc2c(CCl)cccc2OC)n1. The fourth-order valence-corrected chi connectivity index (χ4v) is 2.23. The Balaban J connectivity index is 2.11. The van der Waals surface area contributed by atoms with Crippen molar-refractivity contribution in [3.63, 3.8) is 0 Å². The zero-order chi connectivity index (χ0) is 15.2. The second kappa shape index (κ2) is 7.36. The van der Waals surface area contributed by atoms with Crippen LogP contribution >= 0.6 is 11.6 Å². The van der Waals surface area contributed by atoms with Gasteiger partial charge in [-0.2, -0.15) is 5.10 Å². The largest absolute Gasteiger partial charge is 0.493 e. The molecule has 0 fully saturated rings. The van der Waals surface area contributed by atoms with E-state index in [1.165, 1.54) is 0 Å². The van der Waals surface area contributed by atoms with Crippen molar-refractivity contribution < 1.29 is 9.47 Å². The van der Waals surface area contributed by atoms with E-state index in [9.17, 15) is 0 Å². The number of alkyl halides is 1. The van der Waals surface area contributed by atoms with Crippen LogP contribution in [-0.2, 0) is 12.5 Å². The number of aromatic nitrogens is 2. The summed E-state index contributed by atoms with van der Waals surface area (Å²) in [6.07, 6.45) is 3.03. The van der Waals surface area contributed by atoms with E-state index in [4.69, 9.17) is 21.1 Å². The minimum Gasteiger partial charge on any atom is -0.493 e. The van der Waals surface area contributed by atoms with Crippen LogP contribution < -0.4 is 9.47 Å². The van der Waals surface area contributed by atoms with Crippen molar-refractivity contribution in [1.29, 1.82) is 0 Å². The van der Waals surface area contributed by atoms with Crippen molar-refractivity contribution in [2.45, 2.75) is 38.8 Å². The van der Waals surface area contributed by atoms with E-state index >= 15 is 0 Å². The average Bonchev–Trinajstić information content (AvgIpc) is 3.00. The van der Waals surface area contributed by atoms with E-state index in [2.05, 4.69) is 18.9 Å². The van der Waals surface area contributed by atoms with Crippen LogP contribution in [0.5, 0.6) is 11.5 Å². The molecule has 1 aromatic carbocycles. The van der Waals surface area contributed by atoms with E-state index in [1.807, 2.05) is 35.1 Å². The maximum Gasteiger partial charge on any atom is 0.166 e. The molecular weight excluding hydrogens is 288 g/mol. The number of rotatable bonds is 7. The van der Waals surface area contributed by atoms with E-state index in [-0.39, 0.29) is 0 Å². The molecule has 0 aliphatic rings. The summed E-state index contributed by atoms with van der Waals surface area (Å²) in [4.78, 5) is 0. The summed E-state index contributed by atoms with van der Waals surface area (Å²) < 4.78 is 13.2. The highest BCUT2D eigenvalue weighted by molar-refractivity contribution is 6.17. The van der Waals surface area contributed by atoms with Crippen molar-refractivity contribution in [2.24, 2.45) is 0 Å². The minimum atomic E-state index is 0.383. The highest BCUT2D eigenvalue weighted by Gasteiger charge is 2.11. The standard InChI is InChI=1S/C16H21ClN2O2/c1-4-12(2)19-9-8-14(18-19)11-21-16-13(10-17)6-5-7-15(16)20-3/h5-9,12H,4,10-11H2,1-3H3. The first kappa shape index (κ1) is 15.7. The Morgan fingerprint density at radius 2 is 2.14 bits per heavy atom. The van der Waals surface area contributed by atoms with Crippen molar-refractivity contribution in [3.05, 3.63) is 41.7 Å². The predicted octanol–water partition coefficient (Wildman–Crippen LogP) is 4.18. The molecule has 0 spiro atoms. The molecule has 0 aliphatic carbocycles. The van der Waals surface area contributed by atoms with Crippen molar-refractivity contribution in [3.8, 4) is 11.5 Å². The van der Waals surface area contributed by atoms with Gasteiger partial charge in [-0.3, -0.25) is 4.68 Å². The third-order valence-electron chi connectivity index (χ3n) is 3.49. The van der Waals surface area contributed by atoms with Gasteiger partial charge in [0.15, 0.2) is 11.5 Å². The van der Waals surface area contributed by atoms with Gasteiger partial charge in [-0.1, -0.05) is 19.1 Å². The van der Waals surface area contributed by atoms with E-state index in [1.54, 1.807) is 7.11 Å². The Morgan fingerprint density at radius 1 is 1.33 bits per heavy atom. The van der Waals surface area contributed by atoms with Gasteiger partial charge in [-0.25, -0.2) is 0 Å². The van der Waals surface area contributed by atoms with Crippen molar-refractivity contribution >= 4 is 11.6 Å². The second-order valence-corrected chi connectivity index (χ2v) is 5.18. The summed E-state index contributed by atoms with van der Waals surface area (Å²) in [6.45, 7) is 4.68. The number of ether oxygens (including phenoxy) is 2. The fourth-order valence-electron chi connectivity index (χ4n) is 2.02. The summed E-state index contributed by atoms with van der Waals surface area (Å²) in [5.41, 5.74) is 1.80. The molecule has 4 nitrogen and oxygen atoms in total. The maximum absolute atomic E-state index is 5.95. The van der Waals surface area contributed by atoms with Gasteiger partial charge in [0.1, 0.15) is 6.61 Å². The van der Waals surface area contributed by atoms with Crippen LogP contribution in [-0.4, -0.2) is 16.9 Å². The molecule has 0 radical (unpaired) electrons. The topological polar surface area (TPSA) is 36.3 Å². The third kappa shape index (κ3) is 3.70. The zero-order valence-corrected chi connectivity index (χ0v) is 13.4. The van der Waals surface area contributed by atoms with Crippen LogP contribution in [0.25, 0.3) is 0 Å². The fraction of sp³-hybridized carbons (Fsp3) is 0.438. The molecule has 1 aromatic heterocycles. The maximum atomic E-state index is 5.95. The smallest absolute Gasteiger partial charge is 0.166 e. The summed E-state index contributed by atoms with van der Waals surface area (Å²) >= 11 is 5.95. The molecule has 21 heavy (non-hydrogen) atoms. The third-order valence-corrected chi connectivity index (χ3v) is 3.78. The number of hydrogen-bond donors (Lipinski definition) is 0. The van der Waals surface area contributed by atoms with Crippen LogP contribution in [0.3, 0.4) is 0 Å². The Hall–Kier alpha value is -1.68. The molecule has 0 saturated heterocycles. The molecule has 0 amide bonds. The lowest BCUT2D eigenvalue weighted by molar-refractivity contribution is 0.276. The lowest BCUT2D eigenvalue weighted by Crippen LogP contribution is -2.06. The van der Waals surface area contributed by atoms with Crippen LogP contribution in [0.15, 0.2) is 30.5 Å². The Morgan fingerprint density at radius 3 is 2.81 bits per heavy atom. The van der Waals surface area contributed by atoms with E-state index in [0.717, 1.165) is 17.7 Å². The summed E-state index contributed by atoms with van der Waals surface area (Å²) in [5.74, 6) is 1.76. The number of methoxy groups -OCH3 is 1. The van der Waals surface area contributed by atoms with Crippen LogP contribution in [0.1, 0.15) is 37.6 Å². The molecule has 1 atom stereocenters. The first-order valence-electron chi connectivity index (χ1n) is 7.08. The minimum absolute atomic E-state index is 0.383. The number of benzene rings is 1. The number of halogens is 1. The lowest BCUT2D eigenvalue weighted by Gasteiger charge is -2.13. The summed E-state index contributed by atoms with van der Waals surface area (Å²) in [7, 11) is 1.62. The van der Waals surface area contributed by atoms with Gasteiger partial charge in [0.25, 0.3) is 0 Å². The monoisotopic (exact) mass is 308 g/mol. The van der Waals surface area contributed by atoms with E-state index < -0.39 is 0 Å². The zero-order valence-electron chi connectivity index (χ0n) is 12.7. The summed E-state index contributed by atoms with van der Waals surface area (Å²) in [6, 6.07) is 8.07. The number of hydrogen-bond acceptors (Lipinski definition) is 3. The number of para-hydroxylation sites is 1. The quantitative estimate of drug-likeness (QED) is 0.720. The van der Waals surface area contributed by atoms with Gasteiger partial charge < -0.3 is 9.47 Å². The van der Waals surface area contributed by atoms with Gasteiger partial charge in [-0.15, -0.1) is 11.6 Å². The van der Waals surface area contributed by atoms with Crippen molar-refractivity contribution in [2.75, 3.05) is 7.11 Å².